The van der Waals surface area contributed by atoms with E-state index in [-0.39, 0.29) is 5.56 Å². The summed E-state index contributed by atoms with van der Waals surface area (Å²) in [5.41, 5.74) is -0.499. The van der Waals surface area contributed by atoms with E-state index < -0.39 is 23.1 Å². The molecule has 0 aliphatic rings. The first-order valence-electron chi connectivity index (χ1n) is 9.43. The lowest BCUT2D eigenvalue weighted by Gasteiger charge is -2.14. The summed E-state index contributed by atoms with van der Waals surface area (Å²) in [6, 6.07) is 6.37. The van der Waals surface area contributed by atoms with Crippen molar-refractivity contribution in [3.8, 4) is 5.88 Å². The van der Waals surface area contributed by atoms with Crippen molar-refractivity contribution in [3.05, 3.63) is 56.2 Å². The molecule has 0 unspecified atom stereocenters. The van der Waals surface area contributed by atoms with E-state index in [1.807, 2.05) is 0 Å². The van der Waals surface area contributed by atoms with Crippen molar-refractivity contribution in [2.24, 2.45) is 19.1 Å². The normalized spacial score (nSPS) is 11.3. The van der Waals surface area contributed by atoms with Crippen molar-refractivity contribution in [2.45, 2.75) is 13.8 Å². The fourth-order valence-electron chi connectivity index (χ4n) is 2.77. The molecule has 0 radical (unpaired) electrons. The molecule has 2 N–H and O–H groups in total. The molecule has 29 heavy (non-hydrogen) atoms. The molecule has 2 rings (SSSR count). The van der Waals surface area contributed by atoms with Gasteiger partial charge in [0, 0.05) is 20.3 Å². The van der Waals surface area contributed by atoms with E-state index >= 15 is 0 Å². The van der Waals surface area contributed by atoms with Crippen LogP contribution in [-0.2, 0) is 18.8 Å². The second-order valence-electron chi connectivity index (χ2n) is 6.59. The van der Waals surface area contributed by atoms with Crippen LogP contribution in [0.1, 0.15) is 29.8 Å². The van der Waals surface area contributed by atoms with E-state index in [9.17, 15) is 19.5 Å². The number of hydrogen-bond acceptors (Lipinski definition) is 6. The third-order valence-corrected chi connectivity index (χ3v) is 4.80. The van der Waals surface area contributed by atoms with Gasteiger partial charge in [-0.05, 0) is 38.1 Å². The molecule has 0 bridgehead atoms. The molecular weight excluding hydrogens is 376 g/mol. The van der Waals surface area contributed by atoms with Gasteiger partial charge in [-0.25, -0.2) is 9.59 Å². The number of rotatable bonds is 8. The maximum Gasteiger partial charge on any atom is 0.338 e. The number of aromatic hydroxyl groups is 1. The van der Waals surface area contributed by atoms with Crippen LogP contribution in [-0.4, -0.2) is 52.7 Å². The quantitative estimate of drug-likeness (QED) is 0.462. The monoisotopic (exact) mass is 403 g/mol. The first kappa shape index (κ1) is 22.1. The number of ether oxygens (including phenoxy) is 1. The summed E-state index contributed by atoms with van der Waals surface area (Å²) in [5, 5.41) is 10.0. The lowest BCUT2D eigenvalue weighted by atomic mass is 10.2. The Labute approximate surface area is 168 Å². The van der Waals surface area contributed by atoms with Crippen LogP contribution >= 0.6 is 0 Å². The lowest BCUT2D eigenvalue weighted by molar-refractivity contribution is -0.896. The summed E-state index contributed by atoms with van der Waals surface area (Å²) in [4.78, 5) is 41.5. The Kier molecular flexibility index (Phi) is 7.49. The van der Waals surface area contributed by atoms with Crippen LogP contribution in [0.25, 0.3) is 0 Å². The molecular formula is C20H27N4O5+. The number of nitrogens with zero attached hydrogens (tertiary/aromatic N) is 3. The maximum absolute atomic E-state index is 12.2. The molecule has 1 aromatic heterocycles. The number of quaternary nitrogens is 1. The van der Waals surface area contributed by atoms with Crippen LogP contribution in [0.4, 0.5) is 5.69 Å². The Balaban J connectivity index is 2.09. The Morgan fingerprint density at radius 2 is 1.76 bits per heavy atom. The highest BCUT2D eigenvalue weighted by Gasteiger charge is 2.13. The molecule has 1 aromatic carbocycles. The van der Waals surface area contributed by atoms with Crippen LogP contribution in [0, 0.1) is 0 Å². The van der Waals surface area contributed by atoms with E-state index in [2.05, 4.69) is 18.8 Å². The Morgan fingerprint density at radius 1 is 1.14 bits per heavy atom. The minimum atomic E-state index is -0.648. The van der Waals surface area contributed by atoms with E-state index in [1.165, 1.54) is 25.2 Å². The topological polar surface area (TPSA) is 107 Å². The number of carbonyl (C=O) groups excluding carboxylic acids is 1. The molecule has 1 heterocycles. The molecule has 0 saturated carbocycles. The zero-order valence-corrected chi connectivity index (χ0v) is 17.1. The molecule has 0 aliphatic heterocycles. The van der Waals surface area contributed by atoms with Gasteiger partial charge in [-0.1, -0.05) is 0 Å². The highest BCUT2D eigenvalue weighted by atomic mass is 16.5. The zero-order valence-electron chi connectivity index (χ0n) is 17.1. The molecule has 156 valence electrons. The molecule has 0 aliphatic carbocycles. The van der Waals surface area contributed by atoms with Crippen molar-refractivity contribution >= 4 is 17.9 Å². The number of aromatic nitrogens is 2. The number of esters is 1. The predicted octanol–water partition coefficient (Wildman–Crippen LogP) is -0.378. The van der Waals surface area contributed by atoms with Crippen molar-refractivity contribution in [1.82, 2.24) is 9.13 Å². The Bertz CT molecular complexity index is 1000. The van der Waals surface area contributed by atoms with Crippen molar-refractivity contribution in [1.29, 1.82) is 0 Å². The van der Waals surface area contributed by atoms with E-state index in [0.29, 0.717) is 17.9 Å². The molecule has 0 saturated heterocycles. The number of carbonyl (C=O) groups is 1. The number of likely N-dealkylation sites (N-methyl/N-ethyl adjacent to an activating group) is 1. The fourth-order valence-corrected chi connectivity index (χ4v) is 2.77. The minimum absolute atomic E-state index is 0.100. The molecule has 0 amide bonds. The van der Waals surface area contributed by atoms with Gasteiger partial charge in [-0.2, -0.15) is 0 Å². The van der Waals surface area contributed by atoms with Crippen molar-refractivity contribution in [3.63, 3.8) is 0 Å². The van der Waals surface area contributed by atoms with Gasteiger partial charge in [0.15, 0.2) is 0 Å². The van der Waals surface area contributed by atoms with Gasteiger partial charge >= 0.3 is 11.7 Å². The first-order chi connectivity index (χ1) is 13.8. The fraction of sp³-hybridized carbons (Fsp3) is 0.400. The average Bonchev–Trinajstić information content (AvgIpc) is 2.74. The summed E-state index contributed by atoms with van der Waals surface area (Å²) in [6.07, 6.45) is 1.19. The van der Waals surface area contributed by atoms with Crippen molar-refractivity contribution < 1.29 is 19.5 Å². The molecule has 0 atom stereocenters. The van der Waals surface area contributed by atoms with Gasteiger partial charge in [-0.3, -0.25) is 18.9 Å². The second-order valence-corrected chi connectivity index (χ2v) is 6.59. The number of hydrogen-bond donors (Lipinski definition) is 2. The molecule has 9 heteroatoms. The molecule has 2 aromatic rings. The van der Waals surface area contributed by atoms with Crippen LogP contribution in [0.3, 0.4) is 0 Å². The van der Waals surface area contributed by atoms with Gasteiger partial charge in [0.25, 0.3) is 5.56 Å². The summed E-state index contributed by atoms with van der Waals surface area (Å²) in [6.45, 7) is 7.25. The summed E-state index contributed by atoms with van der Waals surface area (Å²) >= 11 is 0. The SMILES string of the molecule is CC[NH+](CC)CCOC(=O)c1ccc(N=Cc2c(O)n(C)c(=O)n(C)c2=O)cc1. The standard InChI is InChI=1S/C20H26N4O5/c1-5-24(6-2)11-12-29-19(27)14-7-9-15(10-8-14)21-13-16-17(25)22(3)20(28)23(4)18(16)26/h7-10,13,25H,5-6,11-12H2,1-4H3/p+1. The second kappa shape index (κ2) is 9.83. The predicted molar refractivity (Wildman–Crippen MR) is 109 cm³/mol. The number of aliphatic imine (C=N–C) groups is 1. The van der Waals surface area contributed by atoms with Crippen LogP contribution in [0.5, 0.6) is 5.88 Å². The van der Waals surface area contributed by atoms with Gasteiger partial charge in [0.2, 0.25) is 5.88 Å². The highest BCUT2D eigenvalue weighted by Crippen LogP contribution is 2.15. The van der Waals surface area contributed by atoms with E-state index in [0.717, 1.165) is 28.8 Å². The van der Waals surface area contributed by atoms with Crippen molar-refractivity contribution in [2.75, 3.05) is 26.2 Å². The van der Waals surface area contributed by atoms with Gasteiger partial charge < -0.3 is 14.7 Å². The van der Waals surface area contributed by atoms with Crippen LogP contribution < -0.4 is 16.1 Å². The molecule has 0 spiro atoms. The smallest absolute Gasteiger partial charge is 0.338 e. The molecule has 9 nitrogen and oxygen atoms in total. The number of benzene rings is 1. The Hall–Kier alpha value is -3.20. The summed E-state index contributed by atoms with van der Waals surface area (Å²) < 4.78 is 7.14. The van der Waals surface area contributed by atoms with E-state index in [4.69, 9.17) is 4.74 Å². The average molecular weight is 403 g/mol. The zero-order chi connectivity index (χ0) is 21.6. The highest BCUT2D eigenvalue weighted by molar-refractivity contribution is 5.90. The first-order valence-corrected chi connectivity index (χ1v) is 9.43. The third kappa shape index (κ3) is 5.20. The largest absolute Gasteiger partial charge is 0.494 e. The van der Waals surface area contributed by atoms with Crippen LogP contribution in [0.2, 0.25) is 0 Å². The Morgan fingerprint density at radius 3 is 2.34 bits per heavy atom. The molecule has 0 fully saturated rings. The van der Waals surface area contributed by atoms with Gasteiger partial charge in [0.1, 0.15) is 18.7 Å². The minimum Gasteiger partial charge on any atom is -0.494 e. The summed E-state index contributed by atoms with van der Waals surface area (Å²) in [5.74, 6) is -0.867. The summed E-state index contributed by atoms with van der Waals surface area (Å²) in [7, 11) is 2.68. The van der Waals surface area contributed by atoms with Gasteiger partial charge in [-0.15, -0.1) is 0 Å². The van der Waals surface area contributed by atoms with Crippen LogP contribution in [0.15, 0.2) is 38.8 Å². The van der Waals surface area contributed by atoms with Gasteiger partial charge in [0.05, 0.1) is 24.3 Å². The lowest BCUT2D eigenvalue weighted by Crippen LogP contribution is -3.11. The third-order valence-electron chi connectivity index (χ3n) is 4.80. The number of nitrogens with one attached hydrogen (secondary N) is 1. The van der Waals surface area contributed by atoms with E-state index in [1.54, 1.807) is 24.3 Å². The maximum atomic E-state index is 12.2.